The van der Waals surface area contributed by atoms with Crippen LogP contribution in [0.4, 0.5) is 0 Å². The van der Waals surface area contributed by atoms with Crippen LogP contribution in [0.1, 0.15) is 82.8 Å². The van der Waals surface area contributed by atoms with Crippen molar-refractivity contribution in [1.29, 1.82) is 0 Å². The van der Waals surface area contributed by atoms with Crippen LogP contribution in [0.15, 0.2) is 60.7 Å². The minimum absolute atomic E-state index is 0.255. The van der Waals surface area contributed by atoms with Crippen molar-refractivity contribution >= 4 is 126 Å². The van der Waals surface area contributed by atoms with Gasteiger partial charge in [0.2, 0.25) is 0 Å². The minimum Gasteiger partial charge on any atom is -0.481 e. The summed E-state index contributed by atoms with van der Waals surface area (Å²) in [4.78, 5) is 22.2. The van der Waals surface area contributed by atoms with Crippen LogP contribution in [-0.2, 0) is 93.9 Å². The Bertz CT molecular complexity index is 1160. The summed E-state index contributed by atoms with van der Waals surface area (Å²) in [6.07, 6.45) is 8.00. The zero-order chi connectivity index (χ0) is 38.1. The maximum atomic E-state index is 11.9. The normalized spacial score (nSPS) is 10.8. The number of unbranched alkanes of at least 4 members (excludes halogenated alkanes) is 2. The maximum absolute atomic E-state index is 11.9. The fourth-order valence-electron chi connectivity index (χ4n) is 3.33. The molecule has 5 N–H and O–H groups in total. The van der Waals surface area contributed by atoms with Gasteiger partial charge in [-0.15, -0.1) is 0 Å². The molecule has 2 unspecified atom stereocenters. The number of aliphatic hydroxyl groups is 2. The summed E-state index contributed by atoms with van der Waals surface area (Å²) >= 11 is 16.9. The van der Waals surface area contributed by atoms with Gasteiger partial charge in [0.25, 0.3) is 0 Å². The molecular weight excluding hydrogens is 843 g/mol. The van der Waals surface area contributed by atoms with Gasteiger partial charge in [-0.1, -0.05) is 118 Å². The van der Waals surface area contributed by atoms with Crippen molar-refractivity contribution in [1.82, 2.24) is 0 Å². The highest BCUT2D eigenvalue weighted by Gasteiger charge is 2.08. The van der Waals surface area contributed by atoms with Crippen molar-refractivity contribution in [3.63, 3.8) is 0 Å². The number of aliphatic carboxylic acids is 1. The SMILES string of the molecule is CC(CCC(=O)CCc1ccccc1)SSCCCCO.CC(CCC(=O)O)SSCCCCO.NCc1ccccc1.S=S=S.S=S=S=S. The van der Waals surface area contributed by atoms with E-state index in [0.29, 0.717) is 35.7 Å². The number of Topliss-reactive ketones (excluding diaryl/α,β-unsaturated/α-hetero) is 1. The average Bonchev–Trinajstić information content (AvgIpc) is 3.13. The first-order chi connectivity index (χ1) is 24.1. The van der Waals surface area contributed by atoms with E-state index in [4.69, 9.17) is 21.1 Å². The van der Waals surface area contributed by atoms with Crippen LogP contribution < -0.4 is 5.73 Å². The van der Waals surface area contributed by atoms with Gasteiger partial charge in [0.1, 0.15) is 5.78 Å². The molecule has 0 aromatic heterocycles. The van der Waals surface area contributed by atoms with E-state index in [1.807, 2.05) is 77.0 Å². The smallest absolute Gasteiger partial charge is 0.303 e. The van der Waals surface area contributed by atoms with Gasteiger partial charge in [-0.2, -0.15) is 0 Å². The summed E-state index contributed by atoms with van der Waals surface area (Å²) in [5.41, 5.74) is 7.78. The molecule has 0 aliphatic carbocycles. The largest absolute Gasteiger partial charge is 0.481 e. The van der Waals surface area contributed by atoms with E-state index < -0.39 is 5.97 Å². The van der Waals surface area contributed by atoms with E-state index in [2.05, 4.69) is 63.8 Å². The molecule has 0 radical (unpaired) electrons. The Labute approximate surface area is 345 Å². The minimum atomic E-state index is -0.720. The molecule has 0 heterocycles. The van der Waals surface area contributed by atoms with E-state index in [1.165, 1.54) is 28.9 Å². The molecule has 0 fully saturated rings. The summed E-state index contributed by atoms with van der Waals surface area (Å²) in [5.74, 6) is 1.76. The van der Waals surface area contributed by atoms with Crippen LogP contribution in [0, 0.1) is 0 Å². The average molecular weight is 897 g/mol. The highest BCUT2D eigenvalue weighted by molar-refractivity contribution is 8.77. The molecule has 50 heavy (non-hydrogen) atoms. The molecule has 0 saturated heterocycles. The van der Waals surface area contributed by atoms with Crippen LogP contribution in [0.25, 0.3) is 0 Å². The summed E-state index contributed by atoms with van der Waals surface area (Å²) in [6, 6.07) is 20.2. The Morgan fingerprint density at radius 1 is 0.680 bits per heavy atom. The fourth-order valence-corrected chi connectivity index (χ4v) is 8.31. The van der Waals surface area contributed by atoms with Crippen molar-refractivity contribution in [2.24, 2.45) is 5.73 Å². The Kier molecular flexibility index (Phi) is 49.9. The quantitative estimate of drug-likeness (QED) is 0.0675. The summed E-state index contributed by atoms with van der Waals surface area (Å²) in [7, 11) is 10.5. The van der Waals surface area contributed by atoms with Crippen LogP contribution >= 0.6 is 43.2 Å². The number of aryl methyl sites for hydroxylation is 1. The summed E-state index contributed by atoms with van der Waals surface area (Å²) in [6.45, 7) is 5.43. The lowest BCUT2D eigenvalue weighted by molar-refractivity contribution is -0.137. The lowest BCUT2D eigenvalue weighted by Crippen LogP contribution is -2.04. The third-order valence-corrected chi connectivity index (χ3v) is 14.3. The number of hydrogen-bond acceptors (Lipinski definition) is 13. The van der Waals surface area contributed by atoms with E-state index in [-0.39, 0.29) is 19.6 Å². The third-order valence-electron chi connectivity index (χ3n) is 5.97. The second-order valence-electron chi connectivity index (χ2n) is 10.2. The maximum Gasteiger partial charge on any atom is 0.303 e. The van der Waals surface area contributed by atoms with Crippen molar-refractivity contribution in [3.05, 3.63) is 71.8 Å². The van der Waals surface area contributed by atoms with Gasteiger partial charge >= 0.3 is 5.97 Å². The summed E-state index contributed by atoms with van der Waals surface area (Å²) < 4.78 is 0. The van der Waals surface area contributed by atoms with Crippen LogP contribution in [0.3, 0.4) is 0 Å². The fraction of sp³-hybridized carbons (Fsp3) is 0.576. The van der Waals surface area contributed by atoms with E-state index in [9.17, 15) is 9.59 Å². The Hall–Kier alpha value is 0.400. The molecule has 0 amide bonds. The van der Waals surface area contributed by atoms with Gasteiger partial charge in [0.15, 0.2) is 0 Å². The molecule has 2 rings (SSSR count). The van der Waals surface area contributed by atoms with E-state index in [1.54, 1.807) is 21.6 Å². The molecule has 0 aliphatic heterocycles. The van der Waals surface area contributed by atoms with E-state index >= 15 is 0 Å². The van der Waals surface area contributed by atoms with Crippen molar-refractivity contribution < 1.29 is 24.9 Å². The molecular formula is C33H53NO5S11. The van der Waals surface area contributed by atoms with Gasteiger partial charge in [-0.05, 0) is 56.1 Å². The van der Waals surface area contributed by atoms with E-state index in [0.717, 1.165) is 65.3 Å². The third kappa shape index (κ3) is 46.4. The predicted octanol–water partition coefficient (Wildman–Crippen LogP) is 8.03. The molecule has 0 bridgehead atoms. The first-order valence-corrected chi connectivity index (χ1v) is 27.4. The highest BCUT2D eigenvalue weighted by atomic mass is 33.2. The second-order valence-corrected chi connectivity index (χ2v) is 21.4. The van der Waals surface area contributed by atoms with Gasteiger partial charge in [-0.3, -0.25) is 9.59 Å². The standard InChI is InChI=1S/C17H26O2S2.C9H18O3S2.C7H9N.S4.S3/c1-15(21-20-14-6-5-13-18)9-11-17(19)12-10-16-7-3-2-4-8-16;1-8(4-5-9(11)12)14-13-7-3-2-6-10;8-6-7-4-2-1-3-5-7;1-3-4-2;1-3-2/h2-4,7-8,15,18H,5-6,9-14H2,1H3;8,10H,2-7H2,1H3,(H,11,12);1-5H,6,8H2;;. The molecule has 17 heteroatoms. The number of carboxylic acid groups (broad SMARTS) is 1. The summed E-state index contributed by atoms with van der Waals surface area (Å²) in [5, 5.41) is 26.6. The van der Waals surface area contributed by atoms with Gasteiger partial charge < -0.3 is 21.1 Å². The Balaban J connectivity index is -0.000000650. The van der Waals surface area contributed by atoms with Crippen molar-refractivity contribution in [3.8, 4) is 0 Å². The molecule has 0 saturated carbocycles. The van der Waals surface area contributed by atoms with Gasteiger partial charge in [0.05, 0.1) is 0 Å². The number of carbonyl (C=O) groups excluding carboxylic acids is 1. The first-order valence-electron chi connectivity index (χ1n) is 15.9. The first kappa shape index (κ1) is 54.7. The van der Waals surface area contributed by atoms with Crippen molar-refractivity contribution in [2.45, 2.75) is 95.1 Å². The number of rotatable bonds is 22. The van der Waals surface area contributed by atoms with Gasteiger partial charge in [-0.25, -0.2) is 0 Å². The molecule has 2 atom stereocenters. The Morgan fingerprint density at radius 3 is 1.46 bits per heavy atom. The number of carboxylic acids is 1. The number of nitrogens with two attached hydrogens (primary N) is 1. The van der Waals surface area contributed by atoms with Crippen LogP contribution in [0.5, 0.6) is 0 Å². The topological polar surface area (TPSA) is 121 Å². The van der Waals surface area contributed by atoms with Crippen LogP contribution in [0.2, 0.25) is 0 Å². The number of ketones is 1. The van der Waals surface area contributed by atoms with Gasteiger partial charge in [0, 0.05) is 132 Å². The number of hydrogen-bond donors (Lipinski definition) is 4. The predicted molar refractivity (Wildman–Crippen MR) is 243 cm³/mol. The lowest BCUT2D eigenvalue weighted by Gasteiger charge is -2.09. The second kappa shape index (κ2) is 45.6. The lowest BCUT2D eigenvalue weighted by atomic mass is 10.0. The molecule has 6 nitrogen and oxygen atoms in total. The number of aliphatic hydroxyl groups excluding tert-OH is 2. The monoisotopic (exact) mass is 895 g/mol. The zero-order valence-electron chi connectivity index (χ0n) is 28.8. The molecule has 2 aromatic rings. The molecule has 0 aliphatic rings. The number of carbonyl (C=O) groups is 2. The Morgan fingerprint density at radius 2 is 1.10 bits per heavy atom. The molecule has 286 valence electrons. The van der Waals surface area contributed by atoms with Crippen LogP contribution in [-0.4, -0.2) is 62.3 Å². The zero-order valence-corrected chi connectivity index (χ0v) is 37.7. The highest BCUT2D eigenvalue weighted by Crippen LogP contribution is 2.30. The van der Waals surface area contributed by atoms with Crippen molar-refractivity contribution in [2.75, 3.05) is 24.7 Å². The number of benzene rings is 2. The molecule has 0 spiro atoms. The molecule has 2 aromatic carbocycles.